The van der Waals surface area contributed by atoms with Crippen molar-refractivity contribution in [1.82, 2.24) is 4.90 Å². The first kappa shape index (κ1) is 17.2. The number of nitrogens with zero attached hydrogens (tertiary/aromatic N) is 1. The number of furan rings is 2. The molecule has 1 aliphatic heterocycles. The standard InChI is InChI=1S/C18H20N2O5/c1-11-6-7-12(25-11)15-14(16(21)13-5-4-10-24-13)17(22)18(23)20(15)9-8-19(2)3/h4-7,10,14-15H,8-9H2,1-3H3/p+1. The summed E-state index contributed by atoms with van der Waals surface area (Å²) in [6.07, 6.45) is 1.37. The number of quaternary nitrogens is 1. The highest BCUT2D eigenvalue weighted by Gasteiger charge is 2.53. The Morgan fingerprint density at radius 2 is 2.00 bits per heavy atom. The SMILES string of the molecule is Cc1ccc(C2C(C(=O)c3ccco3)C(=O)C(=O)N2CC[NH+](C)C)o1. The summed E-state index contributed by atoms with van der Waals surface area (Å²) in [5.74, 6) is -1.85. The summed E-state index contributed by atoms with van der Waals surface area (Å²) in [7, 11) is 3.92. The van der Waals surface area contributed by atoms with Crippen LogP contribution in [0.25, 0.3) is 0 Å². The fourth-order valence-corrected chi connectivity index (χ4v) is 3.07. The minimum Gasteiger partial charge on any atom is -0.464 e. The van der Waals surface area contributed by atoms with E-state index in [-0.39, 0.29) is 5.76 Å². The number of carbonyl (C=O) groups is 3. The number of nitrogens with one attached hydrogen (secondary N) is 1. The van der Waals surface area contributed by atoms with Crippen LogP contribution in [-0.2, 0) is 9.59 Å². The molecular weight excluding hydrogens is 324 g/mol. The minimum atomic E-state index is -1.15. The Balaban J connectivity index is 2.00. The second-order valence-electron chi connectivity index (χ2n) is 6.53. The van der Waals surface area contributed by atoms with E-state index in [0.717, 1.165) is 4.90 Å². The molecule has 2 aromatic heterocycles. The lowest BCUT2D eigenvalue weighted by molar-refractivity contribution is -0.857. The Morgan fingerprint density at radius 3 is 2.56 bits per heavy atom. The highest BCUT2D eigenvalue weighted by atomic mass is 16.3. The molecule has 2 atom stereocenters. The predicted octanol–water partition coefficient (Wildman–Crippen LogP) is 0.277. The second kappa shape index (κ2) is 6.68. The molecule has 0 saturated carbocycles. The summed E-state index contributed by atoms with van der Waals surface area (Å²) >= 11 is 0. The summed E-state index contributed by atoms with van der Waals surface area (Å²) in [6.45, 7) is 2.79. The first-order valence-corrected chi connectivity index (χ1v) is 8.18. The number of amides is 1. The molecule has 1 saturated heterocycles. The molecule has 0 aliphatic carbocycles. The number of Topliss-reactive ketones (excluding diaryl/α,β-unsaturated/α-hetero) is 2. The first-order chi connectivity index (χ1) is 11.9. The molecule has 3 rings (SSSR count). The third-order valence-electron chi connectivity index (χ3n) is 4.36. The van der Waals surface area contributed by atoms with E-state index in [0.29, 0.717) is 24.6 Å². The first-order valence-electron chi connectivity index (χ1n) is 8.18. The topological polar surface area (TPSA) is 85.2 Å². The van der Waals surface area contributed by atoms with Gasteiger partial charge in [-0.05, 0) is 31.2 Å². The minimum absolute atomic E-state index is 0.0690. The average Bonchev–Trinajstić information content (AvgIpc) is 3.27. The zero-order valence-electron chi connectivity index (χ0n) is 14.4. The van der Waals surface area contributed by atoms with E-state index < -0.39 is 29.4 Å². The van der Waals surface area contributed by atoms with Crippen LogP contribution < -0.4 is 4.90 Å². The molecule has 1 N–H and O–H groups in total. The molecule has 1 amide bonds. The van der Waals surface area contributed by atoms with Gasteiger partial charge in [0.1, 0.15) is 23.5 Å². The smallest absolute Gasteiger partial charge is 0.291 e. The molecular formula is C18H21N2O5+. The summed E-state index contributed by atoms with van der Waals surface area (Å²) in [6, 6.07) is 5.80. The maximum atomic E-state index is 12.8. The second-order valence-corrected chi connectivity index (χ2v) is 6.53. The van der Waals surface area contributed by atoms with Gasteiger partial charge in [-0.2, -0.15) is 0 Å². The van der Waals surface area contributed by atoms with Crippen molar-refractivity contribution >= 4 is 17.5 Å². The molecule has 25 heavy (non-hydrogen) atoms. The Bertz CT molecular complexity index is 790. The Labute approximate surface area is 145 Å². The quantitative estimate of drug-likeness (QED) is 0.462. The van der Waals surface area contributed by atoms with E-state index in [4.69, 9.17) is 8.83 Å². The molecule has 0 spiro atoms. The molecule has 0 aromatic carbocycles. The van der Waals surface area contributed by atoms with Crippen LogP contribution in [-0.4, -0.2) is 49.6 Å². The summed E-state index contributed by atoms with van der Waals surface area (Å²) in [4.78, 5) is 40.5. The van der Waals surface area contributed by atoms with Crippen molar-refractivity contribution < 1.29 is 28.1 Å². The van der Waals surface area contributed by atoms with Crippen LogP contribution in [0, 0.1) is 12.8 Å². The molecule has 2 unspecified atom stereocenters. The zero-order valence-corrected chi connectivity index (χ0v) is 14.4. The predicted molar refractivity (Wildman–Crippen MR) is 87.1 cm³/mol. The van der Waals surface area contributed by atoms with Gasteiger partial charge in [0, 0.05) is 0 Å². The Morgan fingerprint density at radius 1 is 1.24 bits per heavy atom. The van der Waals surface area contributed by atoms with Crippen LogP contribution in [0.4, 0.5) is 0 Å². The van der Waals surface area contributed by atoms with Crippen molar-refractivity contribution in [2.45, 2.75) is 13.0 Å². The van der Waals surface area contributed by atoms with Crippen LogP contribution in [0.5, 0.6) is 0 Å². The highest BCUT2D eigenvalue weighted by Crippen LogP contribution is 2.38. The number of hydrogen-bond acceptors (Lipinski definition) is 5. The number of carbonyl (C=O) groups excluding carboxylic acids is 3. The van der Waals surface area contributed by atoms with Gasteiger partial charge in [-0.3, -0.25) is 14.4 Å². The van der Waals surface area contributed by atoms with Gasteiger partial charge in [-0.15, -0.1) is 0 Å². The molecule has 7 nitrogen and oxygen atoms in total. The molecule has 7 heteroatoms. The van der Waals surface area contributed by atoms with E-state index in [9.17, 15) is 14.4 Å². The number of hydrogen-bond donors (Lipinski definition) is 1. The van der Waals surface area contributed by atoms with Gasteiger partial charge >= 0.3 is 0 Å². The number of ketones is 2. The van der Waals surface area contributed by atoms with Crippen molar-refractivity contribution in [3.63, 3.8) is 0 Å². The van der Waals surface area contributed by atoms with Gasteiger partial charge in [0.15, 0.2) is 5.76 Å². The van der Waals surface area contributed by atoms with Crippen molar-refractivity contribution in [3.05, 3.63) is 47.8 Å². The van der Waals surface area contributed by atoms with Crippen LogP contribution in [0.2, 0.25) is 0 Å². The van der Waals surface area contributed by atoms with Crippen molar-refractivity contribution in [1.29, 1.82) is 0 Å². The highest BCUT2D eigenvalue weighted by molar-refractivity contribution is 6.43. The average molecular weight is 345 g/mol. The van der Waals surface area contributed by atoms with Gasteiger partial charge < -0.3 is 18.6 Å². The summed E-state index contributed by atoms with van der Waals surface area (Å²) in [5.41, 5.74) is 0. The fourth-order valence-electron chi connectivity index (χ4n) is 3.07. The molecule has 3 heterocycles. The Hall–Kier alpha value is -2.67. The lowest BCUT2D eigenvalue weighted by Crippen LogP contribution is -3.06. The third-order valence-corrected chi connectivity index (χ3v) is 4.36. The van der Waals surface area contributed by atoms with E-state index in [1.54, 1.807) is 25.1 Å². The molecule has 1 aliphatic rings. The van der Waals surface area contributed by atoms with E-state index in [2.05, 4.69) is 0 Å². The van der Waals surface area contributed by atoms with Gasteiger partial charge in [0.25, 0.3) is 5.91 Å². The largest absolute Gasteiger partial charge is 0.464 e. The number of likely N-dealkylation sites (N-methyl/N-ethyl adjacent to an activating group) is 1. The maximum absolute atomic E-state index is 12.8. The van der Waals surface area contributed by atoms with Crippen LogP contribution >= 0.6 is 0 Å². The van der Waals surface area contributed by atoms with Crippen molar-refractivity contribution in [3.8, 4) is 0 Å². The molecule has 1 fully saturated rings. The monoisotopic (exact) mass is 345 g/mol. The van der Waals surface area contributed by atoms with Gasteiger partial charge in [-0.1, -0.05) is 0 Å². The molecule has 132 valence electrons. The van der Waals surface area contributed by atoms with Crippen LogP contribution in [0.1, 0.15) is 28.1 Å². The van der Waals surface area contributed by atoms with Crippen molar-refractivity contribution in [2.24, 2.45) is 5.92 Å². The molecule has 2 aromatic rings. The molecule has 0 bridgehead atoms. The number of rotatable bonds is 6. The lowest BCUT2D eigenvalue weighted by atomic mass is 9.91. The lowest BCUT2D eigenvalue weighted by Gasteiger charge is -2.25. The van der Waals surface area contributed by atoms with E-state index in [1.165, 1.54) is 17.2 Å². The van der Waals surface area contributed by atoms with Gasteiger partial charge in [0.05, 0.1) is 33.4 Å². The number of aryl methyl sites for hydroxylation is 1. The van der Waals surface area contributed by atoms with Crippen molar-refractivity contribution in [2.75, 3.05) is 27.2 Å². The van der Waals surface area contributed by atoms with E-state index >= 15 is 0 Å². The normalized spacial score (nSPS) is 20.7. The van der Waals surface area contributed by atoms with Gasteiger partial charge in [-0.25, -0.2) is 0 Å². The zero-order chi connectivity index (χ0) is 18.1. The van der Waals surface area contributed by atoms with Crippen LogP contribution in [0.15, 0.2) is 39.4 Å². The molecule has 0 radical (unpaired) electrons. The summed E-state index contributed by atoms with van der Waals surface area (Å²) in [5, 5.41) is 0. The third kappa shape index (κ3) is 3.15. The van der Waals surface area contributed by atoms with Gasteiger partial charge in [0.2, 0.25) is 11.6 Å². The fraction of sp³-hybridized carbons (Fsp3) is 0.389. The number of likely N-dealkylation sites (tertiary alicyclic amines) is 1. The summed E-state index contributed by atoms with van der Waals surface area (Å²) < 4.78 is 10.8. The Kier molecular flexibility index (Phi) is 4.59. The van der Waals surface area contributed by atoms with Crippen LogP contribution in [0.3, 0.4) is 0 Å². The van der Waals surface area contributed by atoms with E-state index in [1.807, 2.05) is 14.1 Å². The maximum Gasteiger partial charge on any atom is 0.291 e.